The second-order valence-corrected chi connectivity index (χ2v) is 4.65. The van der Waals surface area contributed by atoms with Gasteiger partial charge in [-0.15, -0.1) is 0 Å². The Morgan fingerprint density at radius 3 is 2.80 bits per heavy atom. The van der Waals surface area contributed by atoms with Crippen LogP contribution in [0.1, 0.15) is 31.5 Å². The topological polar surface area (TPSA) is 52.0 Å². The van der Waals surface area contributed by atoms with Gasteiger partial charge in [0.15, 0.2) is 0 Å². The summed E-state index contributed by atoms with van der Waals surface area (Å²) >= 11 is 0. The minimum atomic E-state index is 0.523. The summed E-state index contributed by atoms with van der Waals surface area (Å²) in [5.41, 5.74) is 2.10. The quantitative estimate of drug-likeness (QED) is 0.751. The summed E-state index contributed by atoms with van der Waals surface area (Å²) in [6.45, 7) is 7.43. The molecule has 1 N–H and O–H groups in total. The molecule has 0 fully saturated rings. The molecule has 2 aromatic heterocycles. The highest BCUT2D eigenvalue weighted by atomic mass is 16.5. The van der Waals surface area contributed by atoms with Crippen LogP contribution >= 0.6 is 0 Å². The predicted octanol–water partition coefficient (Wildman–Crippen LogP) is 2.38. The van der Waals surface area contributed by atoms with Crippen molar-refractivity contribution in [2.45, 2.75) is 40.0 Å². The summed E-state index contributed by atoms with van der Waals surface area (Å²) in [7, 11) is 0. The smallest absolute Gasteiger partial charge is 0.138 e. The van der Waals surface area contributed by atoms with E-state index in [2.05, 4.69) is 29.2 Å². The van der Waals surface area contributed by atoms with E-state index in [0.29, 0.717) is 6.61 Å². The van der Waals surface area contributed by atoms with Gasteiger partial charge in [0, 0.05) is 24.8 Å². The van der Waals surface area contributed by atoms with Gasteiger partial charge in [0.2, 0.25) is 0 Å². The molecule has 0 atom stereocenters. The minimum absolute atomic E-state index is 0.523. The zero-order valence-electron chi connectivity index (χ0n) is 12.2. The Hall–Kier alpha value is -1.88. The fraction of sp³-hybridized carbons (Fsp3) is 0.467. The largest absolute Gasteiger partial charge is 0.487 e. The number of aryl methyl sites for hydroxylation is 1. The van der Waals surface area contributed by atoms with Crippen molar-refractivity contribution in [1.82, 2.24) is 20.1 Å². The van der Waals surface area contributed by atoms with Gasteiger partial charge in [-0.25, -0.2) is 0 Å². The van der Waals surface area contributed by atoms with Crippen LogP contribution in [-0.2, 0) is 19.7 Å². The van der Waals surface area contributed by atoms with Crippen LogP contribution in [0, 0.1) is 0 Å². The summed E-state index contributed by atoms with van der Waals surface area (Å²) in [6, 6.07) is 3.95. The number of nitrogens with one attached hydrogen (secondary N) is 1. The van der Waals surface area contributed by atoms with Crippen LogP contribution in [0.4, 0.5) is 0 Å². The Morgan fingerprint density at radius 2 is 2.15 bits per heavy atom. The maximum absolute atomic E-state index is 5.69. The van der Waals surface area contributed by atoms with Crippen molar-refractivity contribution in [1.29, 1.82) is 0 Å². The van der Waals surface area contributed by atoms with Crippen LogP contribution < -0.4 is 10.1 Å². The normalized spacial score (nSPS) is 10.7. The molecule has 0 spiro atoms. The molecule has 2 rings (SSSR count). The average molecular weight is 274 g/mol. The van der Waals surface area contributed by atoms with Gasteiger partial charge >= 0.3 is 0 Å². The molecular formula is C15H22N4O. The lowest BCUT2D eigenvalue weighted by atomic mass is 10.3. The van der Waals surface area contributed by atoms with E-state index in [1.807, 2.05) is 29.2 Å². The molecule has 0 aromatic carbocycles. The molecule has 5 heteroatoms. The second kappa shape index (κ2) is 7.65. The molecule has 0 amide bonds. The first kappa shape index (κ1) is 14.5. The van der Waals surface area contributed by atoms with Crippen molar-refractivity contribution in [3.8, 4) is 5.75 Å². The molecule has 0 aliphatic rings. The van der Waals surface area contributed by atoms with E-state index in [4.69, 9.17) is 4.74 Å². The van der Waals surface area contributed by atoms with E-state index in [1.165, 1.54) is 0 Å². The molecule has 0 saturated carbocycles. The maximum atomic E-state index is 5.69. The van der Waals surface area contributed by atoms with Crippen LogP contribution in [0.25, 0.3) is 0 Å². The number of ether oxygens (including phenoxy) is 1. The highest BCUT2D eigenvalue weighted by Gasteiger charge is 2.00. The van der Waals surface area contributed by atoms with Crippen LogP contribution in [0.15, 0.2) is 30.7 Å². The lowest BCUT2D eigenvalue weighted by molar-refractivity contribution is 0.304. The molecular weight excluding hydrogens is 252 g/mol. The fourth-order valence-electron chi connectivity index (χ4n) is 1.81. The van der Waals surface area contributed by atoms with Gasteiger partial charge < -0.3 is 10.1 Å². The third-order valence-electron chi connectivity index (χ3n) is 2.95. The van der Waals surface area contributed by atoms with Crippen molar-refractivity contribution in [3.05, 3.63) is 42.0 Å². The van der Waals surface area contributed by atoms with Gasteiger partial charge in [0.1, 0.15) is 12.4 Å². The molecule has 2 heterocycles. The third kappa shape index (κ3) is 4.35. The number of pyridine rings is 1. The monoisotopic (exact) mass is 274 g/mol. The van der Waals surface area contributed by atoms with Gasteiger partial charge in [0.05, 0.1) is 18.1 Å². The van der Waals surface area contributed by atoms with Crippen molar-refractivity contribution in [2.24, 2.45) is 0 Å². The Morgan fingerprint density at radius 1 is 1.25 bits per heavy atom. The SMILES string of the molecule is CCCNCc1ccc(OCc2cnn(CC)c2)cn1. The highest BCUT2D eigenvalue weighted by Crippen LogP contribution is 2.11. The fourth-order valence-corrected chi connectivity index (χ4v) is 1.81. The summed E-state index contributed by atoms with van der Waals surface area (Å²) < 4.78 is 7.58. The molecule has 20 heavy (non-hydrogen) atoms. The van der Waals surface area contributed by atoms with E-state index in [0.717, 1.165) is 43.1 Å². The zero-order chi connectivity index (χ0) is 14.2. The van der Waals surface area contributed by atoms with E-state index < -0.39 is 0 Å². The van der Waals surface area contributed by atoms with E-state index in [1.54, 1.807) is 6.20 Å². The van der Waals surface area contributed by atoms with Gasteiger partial charge in [-0.1, -0.05) is 6.92 Å². The number of rotatable bonds is 8. The van der Waals surface area contributed by atoms with Crippen LogP contribution in [-0.4, -0.2) is 21.3 Å². The Balaban J connectivity index is 1.81. The summed E-state index contributed by atoms with van der Waals surface area (Å²) in [4.78, 5) is 4.38. The van der Waals surface area contributed by atoms with Gasteiger partial charge in [-0.3, -0.25) is 9.67 Å². The lowest BCUT2D eigenvalue weighted by Gasteiger charge is -2.06. The Labute approximate surface area is 120 Å². The molecule has 0 unspecified atom stereocenters. The molecule has 0 aliphatic heterocycles. The molecule has 0 radical (unpaired) electrons. The van der Waals surface area contributed by atoms with Crippen LogP contribution in [0.5, 0.6) is 5.75 Å². The average Bonchev–Trinajstić information content (AvgIpc) is 2.95. The predicted molar refractivity (Wildman–Crippen MR) is 78.5 cm³/mol. The van der Waals surface area contributed by atoms with Crippen molar-refractivity contribution >= 4 is 0 Å². The first-order chi connectivity index (χ1) is 9.81. The first-order valence-electron chi connectivity index (χ1n) is 7.11. The van der Waals surface area contributed by atoms with Crippen LogP contribution in [0.3, 0.4) is 0 Å². The number of hydrogen-bond donors (Lipinski definition) is 1. The van der Waals surface area contributed by atoms with Crippen molar-refractivity contribution in [2.75, 3.05) is 6.54 Å². The van der Waals surface area contributed by atoms with E-state index in [-0.39, 0.29) is 0 Å². The lowest BCUT2D eigenvalue weighted by Crippen LogP contribution is -2.14. The van der Waals surface area contributed by atoms with Gasteiger partial charge in [-0.05, 0) is 32.0 Å². The second-order valence-electron chi connectivity index (χ2n) is 4.65. The summed E-state index contributed by atoms with van der Waals surface area (Å²) in [5.74, 6) is 0.786. The van der Waals surface area contributed by atoms with E-state index >= 15 is 0 Å². The minimum Gasteiger partial charge on any atom is -0.487 e. The van der Waals surface area contributed by atoms with Gasteiger partial charge in [0.25, 0.3) is 0 Å². The Bertz CT molecular complexity index is 507. The van der Waals surface area contributed by atoms with E-state index in [9.17, 15) is 0 Å². The molecule has 5 nitrogen and oxygen atoms in total. The molecule has 0 saturated heterocycles. The van der Waals surface area contributed by atoms with Gasteiger partial charge in [-0.2, -0.15) is 5.10 Å². The highest BCUT2D eigenvalue weighted by molar-refractivity contribution is 5.20. The van der Waals surface area contributed by atoms with Crippen molar-refractivity contribution in [3.63, 3.8) is 0 Å². The standard InChI is InChI=1S/C15H22N4O/c1-3-7-16-9-14-5-6-15(10-17-14)20-12-13-8-18-19(4-2)11-13/h5-6,8,10-11,16H,3-4,7,9,12H2,1-2H3. The molecule has 0 aliphatic carbocycles. The molecule has 0 bridgehead atoms. The maximum Gasteiger partial charge on any atom is 0.138 e. The third-order valence-corrected chi connectivity index (χ3v) is 2.95. The van der Waals surface area contributed by atoms with Crippen LogP contribution in [0.2, 0.25) is 0 Å². The molecule has 108 valence electrons. The number of aromatic nitrogens is 3. The summed E-state index contributed by atoms with van der Waals surface area (Å²) in [6.07, 6.45) is 6.73. The Kier molecular flexibility index (Phi) is 5.55. The summed E-state index contributed by atoms with van der Waals surface area (Å²) in [5, 5.41) is 7.54. The molecule has 2 aromatic rings. The first-order valence-corrected chi connectivity index (χ1v) is 7.11. The zero-order valence-corrected chi connectivity index (χ0v) is 12.2. The van der Waals surface area contributed by atoms with Crippen molar-refractivity contribution < 1.29 is 4.74 Å². The number of hydrogen-bond acceptors (Lipinski definition) is 4. The number of nitrogens with zero attached hydrogens (tertiary/aromatic N) is 3.